The van der Waals surface area contributed by atoms with Crippen LogP contribution in [0.1, 0.15) is 12.1 Å². The first-order valence-corrected chi connectivity index (χ1v) is 3.68. The number of nitriles is 1. The molecule has 0 fully saturated rings. The fraction of sp³-hybridized carbons (Fsp3) is 0.250. The van der Waals surface area contributed by atoms with Crippen LogP contribution in [0, 0.1) is 18.3 Å². The minimum absolute atomic E-state index is 0.164. The summed E-state index contributed by atoms with van der Waals surface area (Å²) in [5, 5.41) is 10.7. The lowest BCUT2D eigenvalue weighted by atomic mass is 10.4. The number of hydrogen-bond acceptors (Lipinski definition) is 4. The number of hydrogen-bond donors (Lipinski definition) is 1. The quantitative estimate of drug-likeness (QED) is 0.717. The van der Waals surface area contributed by atoms with Crippen molar-refractivity contribution in [3.05, 3.63) is 18.1 Å². The third-order valence-electron chi connectivity index (χ3n) is 1.31. The second-order valence-corrected chi connectivity index (χ2v) is 2.43. The summed E-state index contributed by atoms with van der Waals surface area (Å²) in [7, 11) is 0. The van der Waals surface area contributed by atoms with Crippen molar-refractivity contribution in [2.24, 2.45) is 0 Å². The maximum Gasteiger partial charge on any atom is 0.239 e. The summed E-state index contributed by atoms with van der Waals surface area (Å²) >= 11 is 0. The van der Waals surface area contributed by atoms with E-state index >= 15 is 0 Å². The van der Waals surface area contributed by atoms with E-state index in [1.807, 2.05) is 0 Å². The number of anilines is 1. The van der Waals surface area contributed by atoms with Gasteiger partial charge in [-0.15, -0.1) is 0 Å². The summed E-state index contributed by atoms with van der Waals surface area (Å²) in [4.78, 5) is 18.6. The zero-order valence-corrected chi connectivity index (χ0v) is 7.11. The Balaban J connectivity index is 2.65. The SMILES string of the molecule is Cc1cc(NC(=O)CC#N)ncn1. The van der Waals surface area contributed by atoms with Crippen molar-refractivity contribution in [1.82, 2.24) is 9.97 Å². The second-order valence-electron chi connectivity index (χ2n) is 2.43. The van der Waals surface area contributed by atoms with Crippen molar-refractivity contribution >= 4 is 11.7 Å². The highest BCUT2D eigenvalue weighted by atomic mass is 16.1. The molecular weight excluding hydrogens is 168 g/mol. The highest BCUT2D eigenvalue weighted by Gasteiger charge is 2.01. The number of nitrogens with zero attached hydrogens (tertiary/aromatic N) is 3. The molecule has 66 valence electrons. The standard InChI is InChI=1S/C8H8N4O/c1-6-4-7(11-5-10-6)12-8(13)2-3-9/h4-5H,2H2,1H3,(H,10,11,12,13). The lowest BCUT2D eigenvalue weighted by molar-refractivity contribution is -0.115. The molecule has 5 heteroatoms. The van der Waals surface area contributed by atoms with Gasteiger partial charge in [0, 0.05) is 11.8 Å². The van der Waals surface area contributed by atoms with E-state index in [1.54, 1.807) is 19.1 Å². The molecule has 0 atom stereocenters. The molecular formula is C8H8N4O. The van der Waals surface area contributed by atoms with E-state index in [0.29, 0.717) is 5.82 Å². The monoisotopic (exact) mass is 176 g/mol. The van der Waals surface area contributed by atoms with Crippen molar-refractivity contribution in [2.45, 2.75) is 13.3 Å². The van der Waals surface area contributed by atoms with E-state index < -0.39 is 0 Å². The Bertz CT molecular complexity index is 355. The Morgan fingerprint density at radius 1 is 1.69 bits per heavy atom. The molecule has 0 aliphatic carbocycles. The molecule has 0 aromatic carbocycles. The van der Waals surface area contributed by atoms with Gasteiger partial charge in [-0.3, -0.25) is 4.79 Å². The number of amides is 1. The fourth-order valence-electron chi connectivity index (χ4n) is 0.782. The van der Waals surface area contributed by atoms with Crippen LogP contribution in [0.4, 0.5) is 5.82 Å². The van der Waals surface area contributed by atoms with Gasteiger partial charge in [0.25, 0.3) is 0 Å². The van der Waals surface area contributed by atoms with Gasteiger partial charge in [-0.25, -0.2) is 9.97 Å². The van der Waals surface area contributed by atoms with Crippen LogP contribution in [0.2, 0.25) is 0 Å². The highest BCUT2D eigenvalue weighted by molar-refractivity contribution is 5.91. The zero-order chi connectivity index (χ0) is 9.68. The molecule has 1 amide bonds. The topological polar surface area (TPSA) is 78.7 Å². The van der Waals surface area contributed by atoms with Crippen molar-refractivity contribution in [3.63, 3.8) is 0 Å². The number of carbonyl (C=O) groups is 1. The molecule has 0 bridgehead atoms. The molecule has 13 heavy (non-hydrogen) atoms. The van der Waals surface area contributed by atoms with Gasteiger partial charge >= 0.3 is 0 Å². The Morgan fingerprint density at radius 3 is 3.08 bits per heavy atom. The van der Waals surface area contributed by atoms with Crippen LogP contribution < -0.4 is 5.32 Å². The molecule has 0 saturated heterocycles. The summed E-state index contributed by atoms with van der Waals surface area (Å²) in [6, 6.07) is 3.38. The summed E-state index contributed by atoms with van der Waals surface area (Å²) in [6.45, 7) is 1.79. The largest absolute Gasteiger partial charge is 0.310 e. The second kappa shape index (κ2) is 4.16. The Kier molecular flexibility index (Phi) is 2.92. The van der Waals surface area contributed by atoms with Crippen LogP contribution in [-0.4, -0.2) is 15.9 Å². The molecule has 0 unspecified atom stereocenters. The van der Waals surface area contributed by atoms with Gasteiger partial charge < -0.3 is 5.32 Å². The van der Waals surface area contributed by atoms with Crippen molar-refractivity contribution in [3.8, 4) is 6.07 Å². The minimum Gasteiger partial charge on any atom is -0.310 e. The Morgan fingerprint density at radius 2 is 2.46 bits per heavy atom. The zero-order valence-electron chi connectivity index (χ0n) is 7.11. The van der Waals surface area contributed by atoms with Crippen LogP contribution in [0.3, 0.4) is 0 Å². The predicted octanol–water partition coefficient (Wildman–Crippen LogP) is 0.637. The number of nitrogens with one attached hydrogen (secondary N) is 1. The fourth-order valence-corrected chi connectivity index (χ4v) is 0.782. The van der Waals surface area contributed by atoms with Gasteiger partial charge in [0.15, 0.2) is 0 Å². The highest BCUT2D eigenvalue weighted by Crippen LogP contribution is 2.02. The molecule has 0 spiro atoms. The molecule has 5 nitrogen and oxygen atoms in total. The molecule has 0 aliphatic heterocycles. The molecule has 0 radical (unpaired) electrons. The van der Waals surface area contributed by atoms with E-state index in [1.165, 1.54) is 6.33 Å². The molecule has 1 aromatic rings. The first kappa shape index (κ1) is 9.13. The first-order chi connectivity index (χ1) is 6.22. The minimum atomic E-state index is -0.361. The predicted molar refractivity (Wildman–Crippen MR) is 45.6 cm³/mol. The molecule has 1 rings (SSSR count). The lowest BCUT2D eigenvalue weighted by Gasteiger charge is -2.00. The third-order valence-corrected chi connectivity index (χ3v) is 1.31. The third kappa shape index (κ3) is 2.87. The lowest BCUT2D eigenvalue weighted by Crippen LogP contribution is -2.11. The average molecular weight is 176 g/mol. The van der Waals surface area contributed by atoms with Crippen LogP contribution >= 0.6 is 0 Å². The van der Waals surface area contributed by atoms with Gasteiger partial charge in [0.1, 0.15) is 18.6 Å². The van der Waals surface area contributed by atoms with Crippen molar-refractivity contribution in [2.75, 3.05) is 5.32 Å². The van der Waals surface area contributed by atoms with Crippen LogP contribution in [0.5, 0.6) is 0 Å². The summed E-state index contributed by atoms with van der Waals surface area (Å²) < 4.78 is 0. The number of aromatic nitrogens is 2. The van der Waals surface area contributed by atoms with Crippen LogP contribution in [0.15, 0.2) is 12.4 Å². The summed E-state index contributed by atoms with van der Waals surface area (Å²) in [5.74, 6) is 0.0633. The normalized spacial score (nSPS) is 8.92. The maximum atomic E-state index is 10.9. The van der Waals surface area contributed by atoms with Crippen LogP contribution in [0.25, 0.3) is 0 Å². The van der Waals surface area contributed by atoms with Crippen LogP contribution in [-0.2, 0) is 4.79 Å². The van der Waals surface area contributed by atoms with Gasteiger partial charge in [0.2, 0.25) is 5.91 Å². The number of carbonyl (C=O) groups excluding carboxylic acids is 1. The van der Waals surface area contributed by atoms with Gasteiger partial charge in [-0.05, 0) is 6.92 Å². The maximum absolute atomic E-state index is 10.9. The van der Waals surface area contributed by atoms with Gasteiger partial charge in [-0.1, -0.05) is 0 Å². The van der Waals surface area contributed by atoms with E-state index in [2.05, 4.69) is 15.3 Å². The van der Waals surface area contributed by atoms with Gasteiger partial charge in [-0.2, -0.15) is 5.26 Å². The van der Waals surface area contributed by atoms with E-state index in [4.69, 9.17) is 5.26 Å². The van der Waals surface area contributed by atoms with Gasteiger partial charge in [0.05, 0.1) is 6.07 Å². The molecule has 0 saturated carbocycles. The molecule has 1 aromatic heterocycles. The van der Waals surface area contributed by atoms with E-state index in [0.717, 1.165) is 5.69 Å². The Hall–Kier alpha value is -1.96. The van der Waals surface area contributed by atoms with Crippen molar-refractivity contribution in [1.29, 1.82) is 5.26 Å². The summed E-state index contributed by atoms with van der Waals surface area (Å²) in [6.07, 6.45) is 1.19. The van der Waals surface area contributed by atoms with E-state index in [-0.39, 0.29) is 12.3 Å². The smallest absolute Gasteiger partial charge is 0.239 e. The number of rotatable bonds is 2. The molecule has 1 heterocycles. The Labute approximate surface area is 75.4 Å². The summed E-state index contributed by atoms with van der Waals surface area (Å²) in [5.41, 5.74) is 0.766. The van der Waals surface area contributed by atoms with E-state index in [9.17, 15) is 4.79 Å². The average Bonchev–Trinajstić information content (AvgIpc) is 2.04. The van der Waals surface area contributed by atoms with Crippen molar-refractivity contribution < 1.29 is 4.79 Å². The molecule has 0 aliphatic rings. The molecule has 1 N–H and O–H groups in total. The first-order valence-electron chi connectivity index (χ1n) is 3.68. The number of aryl methyl sites for hydroxylation is 1.